The maximum Gasteiger partial charge on any atom is 0.274 e. The molecule has 0 fully saturated rings. The molecule has 8 nitrogen and oxygen atoms in total. The van der Waals surface area contributed by atoms with Gasteiger partial charge in [-0.05, 0) is 38.3 Å². The van der Waals surface area contributed by atoms with Crippen LogP contribution in [0.15, 0.2) is 18.2 Å². The maximum absolute atomic E-state index is 12.8. The molecule has 1 amide bonds. The van der Waals surface area contributed by atoms with Crippen LogP contribution in [0.5, 0.6) is 11.5 Å². The third-order valence-electron chi connectivity index (χ3n) is 4.60. The van der Waals surface area contributed by atoms with Crippen molar-refractivity contribution in [2.75, 3.05) is 19.8 Å². The van der Waals surface area contributed by atoms with Crippen LogP contribution in [0.25, 0.3) is 5.69 Å². The Hall–Kier alpha value is -2.32. The van der Waals surface area contributed by atoms with E-state index in [9.17, 15) is 4.79 Å². The molecule has 0 bridgehead atoms. The van der Waals surface area contributed by atoms with E-state index in [-0.39, 0.29) is 24.0 Å². The van der Waals surface area contributed by atoms with Gasteiger partial charge in [0.15, 0.2) is 17.2 Å². The van der Waals surface area contributed by atoms with Crippen LogP contribution in [0.2, 0.25) is 0 Å². The zero-order chi connectivity index (χ0) is 19.6. The maximum atomic E-state index is 12.8. The smallest absolute Gasteiger partial charge is 0.274 e. The van der Waals surface area contributed by atoms with E-state index in [1.165, 1.54) is 0 Å². The molecule has 1 aliphatic heterocycles. The molecule has 1 unspecified atom stereocenters. The van der Waals surface area contributed by atoms with Gasteiger partial charge in [-0.15, -0.1) is 17.5 Å². The number of rotatable bonds is 6. The van der Waals surface area contributed by atoms with Crippen LogP contribution >= 0.6 is 12.4 Å². The molecular weight excluding hydrogens is 382 g/mol. The monoisotopic (exact) mass is 409 g/mol. The minimum absolute atomic E-state index is 0. The Labute approximate surface area is 171 Å². The highest BCUT2D eigenvalue weighted by Crippen LogP contribution is 2.32. The van der Waals surface area contributed by atoms with E-state index < -0.39 is 5.54 Å². The van der Waals surface area contributed by atoms with Gasteiger partial charge in [-0.25, -0.2) is 4.68 Å². The van der Waals surface area contributed by atoms with E-state index in [0.29, 0.717) is 42.9 Å². The number of carbonyl (C=O) groups is 1. The molecule has 0 saturated heterocycles. The number of halogens is 1. The summed E-state index contributed by atoms with van der Waals surface area (Å²) >= 11 is 0. The number of amides is 1. The fraction of sp³-hybridized carbons (Fsp3) is 0.526. The van der Waals surface area contributed by atoms with E-state index in [4.69, 9.17) is 15.2 Å². The van der Waals surface area contributed by atoms with Gasteiger partial charge in [0.2, 0.25) is 0 Å². The van der Waals surface area contributed by atoms with Crippen molar-refractivity contribution in [2.45, 2.75) is 39.7 Å². The molecule has 28 heavy (non-hydrogen) atoms. The van der Waals surface area contributed by atoms with E-state index >= 15 is 0 Å². The molecule has 1 aromatic heterocycles. The van der Waals surface area contributed by atoms with Crippen molar-refractivity contribution in [1.29, 1.82) is 0 Å². The zero-order valence-electron chi connectivity index (χ0n) is 16.7. The number of hydrogen-bond donors (Lipinski definition) is 2. The molecule has 2 heterocycles. The molecule has 9 heteroatoms. The minimum Gasteiger partial charge on any atom is -0.486 e. The number of nitrogens with two attached hydrogens (primary N) is 1. The van der Waals surface area contributed by atoms with Crippen molar-refractivity contribution in [2.24, 2.45) is 11.7 Å². The molecule has 2 aromatic rings. The molecule has 3 N–H and O–H groups in total. The van der Waals surface area contributed by atoms with Gasteiger partial charge in [0.1, 0.15) is 13.2 Å². The molecule has 3 rings (SSSR count). The van der Waals surface area contributed by atoms with E-state index in [1.54, 1.807) is 4.68 Å². The Bertz CT molecular complexity index is 839. The topological polar surface area (TPSA) is 104 Å². The van der Waals surface area contributed by atoms with Gasteiger partial charge < -0.3 is 20.5 Å². The SMILES string of the molecule is Cc1c(C(=O)NC(C)(CN)CC(C)C)nnn1-c1ccc2c(c1)OCCO2.Cl. The number of nitrogens with zero attached hydrogens (tertiary/aromatic N) is 3. The largest absolute Gasteiger partial charge is 0.486 e. The van der Waals surface area contributed by atoms with Gasteiger partial charge in [-0.2, -0.15) is 0 Å². The average molecular weight is 410 g/mol. The zero-order valence-corrected chi connectivity index (χ0v) is 17.5. The van der Waals surface area contributed by atoms with Crippen molar-refractivity contribution in [3.8, 4) is 17.2 Å². The lowest BCUT2D eigenvalue weighted by molar-refractivity contribution is 0.0892. The van der Waals surface area contributed by atoms with Crippen molar-refractivity contribution >= 4 is 18.3 Å². The number of carbonyl (C=O) groups excluding carboxylic acids is 1. The molecule has 0 aliphatic carbocycles. The lowest BCUT2D eigenvalue weighted by atomic mass is 9.90. The minimum atomic E-state index is -0.488. The Balaban J connectivity index is 0.00000280. The molecule has 154 valence electrons. The summed E-state index contributed by atoms with van der Waals surface area (Å²) in [6.45, 7) is 9.36. The lowest BCUT2D eigenvalue weighted by Gasteiger charge is -2.30. The Kier molecular flexibility index (Phi) is 6.90. The predicted octanol–water partition coefficient (Wildman–Crippen LogP) is 2.26. The third kappa shape index (κ3) is 4.56. The van der Waals surface area contributed by atoms with Gasteiger partial charge in [-0.1, -0.05) is 19.1 Å². The fourth-order valence-electron chi connectivity index (χ4n) is 3.37. The molecule has 1 aliphatic rings. The van der Waals surface area contributed by atoms with Gasteiger partial charge >= 0.3 is 0 Å². The van der Waals surface area contributed by atoms with Crippen molar-refractivity contribution in [1.82, 2.24) is 20.3 Å². The highest BCUT2D eigenvalue weighted by molar-refractivity contribution is 5.93. The highest BCUT2D eigenvalue weighted by Gasteiger charge is 2.29. The summed E-state index contributed by atoms with van der Waals surface area (Å²) in [7, 11) is 0. The van der Waals surface area contributed by atoms with Crippen LogP contribution in [0.1, 0.15) is 43.4 Å². The molecular formula is C19H28ClN5O3. The fourth-order valence-corrected chi connectivity index (χ4v) is 3.37. The van der Waals surface area contributed by atoms with Crippen molar-refractivity contribution < 1.29 is 14.3 Å². The number of benzene rings is 1. The number of fused-ring (bicyclic) bond motifs is 1. The van der Waals surface area contributed by atoms with Crippen molar-refractivity contribution in [3.05, 3.63) is 29.6 Å². The summed E-state index contributed by atoms with van der Waals surface area (Å²) in [5.41, 5.74) is 7.10. The first-order valence-corrected chi connectivity index (χ1v) is 9.18. The van der Waals surface area contributed by atoms with E-state index in [1.807, 2.05) is 32.0 Å². The standard InChI is InChI=1S/C19H27N5O3.ClH/c1-12(2)10-19(4,11-20)21-18(25)17-13(3)24(23-22-17)14-5-6-15-16(9-14)27-8-7-26-15;/h5-6,9,12H,7-8,10-11,20H2,1-4H3,(H,21,25);1H. The second-order valence-electron chi connectivity index (χ2n) is 7.58. The third-order valence-corrected chi connectivity index (χ3v) is 4.60. The van der Waals surface area contributed by atoms with Gasteiger partial charge in [0, 0.05) is 12.6 Å². The molecule has 1 aromatic carbocycles. The van der Waals surface area contributed by atoms with Crippen LogP contribution in [0, 0.1) is 12.8 Å². The normalized spacial score (nSPS) is 14.9. The van der Waals surface area contributed by atoms with Gasteiger partial charge in [-0.3, -0.25) is 4.79 Å². The average Bonchev–Trinajstić information content (AvgIpc) is 3.02. The highest BCUT2D eigenvalue weighted by atomic mass is 35.5. The van der Waals surface area contributed by atoms with Crippen LogP contribution in [0.4, 0.5) is 0 Å². The summed E-state index contributed by atoms with van der Waals surface area (Å²) in [6.07, 6.45) is 0.782. The molecule has 0 saturated carbocycles. The molecule has 1 atom stereocenters. The molecule has 0 spiro atoms. The molecule has 0 radical (unpaired) electrons. The number of hydrogen-bond acceptors (Lipinski definition) is 6. The number of nitrogens with one attached hydrogen (secondary N) is 1. The van der Waals surface area contributed by atoms with Gasteiger partial charge in [0.05, 0.1) is 16.9 Å². The second-order valence-corrected chi connectivity index (χ2v) is 7.58. The number of aromatic nitrogens is 3. The summed E-state index contributed by atoms with van der Waals surface area (Å²) < 4.78 is 12.8. The Morgan fingerprint density at radius 1 is 1.32 bits per heavy atom. The quantitative estimate of drug-likeness (QED) is 0.758. The summed E-state index contributed by atoms with van der Waals surface area (Å²) in [5, 5.41) is 11.3. The first-order valence-electron chi connectivity index (χ1n) is 9.18. The van der Waals surface area contributed by atoms with Gasteiger partial charge in [0.25, 0.3) is 5.91 Å². The first-order chi connectivity index (χ1) is 12.8. The summed E-state index contributed by atoms with van der Waals surface area (Å²) in [4.78, 5) is 12.8. The number of ether oxygens (including phenoxy) is 2. The van der Waals surface area contributed by atoms with E-state index in [2.05, 4.69) is 29.5 Å². The van der Waals surface area contributed by atoms with Crippen LogP contribution in [-0.4, -0.2) is 46.2 Å². The Morgan fingerprint density at radius 2 is 2.00 bits per heavy atom. The second kappa shape index (κ2) is 8.79. The van der Waals surface area contributed by atoms with E-state index in [0.717, 1.165) is 12.1 Å². The first kappa shape index (κ1) is 22.0. The van der Waals surface area contributed by atoms with Crippen LogP contribution in [-0.2, 0) is 0 Å². The van der Waals surface area contributed by atoms with Crippen LogP contribution < -0.4 is 20.5 Å². The lowest BCUT2D eigenvalue weighted by Crippen LogP contribution is -2.52. The van der Waals surface area contributed by atoms with Crippen LogP contribution in [0.3, 0.4) is 0 Å². The predicted molar refractivity (Wildman–Crippen MR) is 109 cm³/mol. The summed E-state index contributed by atoms with van der Waals surface area (Å²) in [6, 6.07) is 5.53. The summed E-state index contributed by atoms with van der Waals surface area (Å²) in [5.74, 6) is 1.50. The van der Waals surface area contributed by atoms with Crippen molar-refractivity contribution in [3.63, 3.8) is 0 Å². The Morgan fingerprint density at radius 3 is 2.64 bits per heavy atom.